The van der Waals surface area contributed by atoms with E-state index in [1.165, 1.54) is 38.5 Å². The van der Waals surface area contributed by atoms with Gasteiger partial charge in [0.1, 0.15) is 11.6 Å². The summed E-state index contributed by atoms with van der Waals surface area (Å²) in [4.78, 5) is 0. The van der Waals surface area contributed by atoms with Crippen LogP contribution in [0.4, 0.5) is 30.7 Å². The maximum atomic E-state index is 14.8. The van der Waals surface area contributed by atoms with Crippen LogP contribution in [0.25, 0.3) is 11.7 Å². The first-order valence-corrected chi connectivity index (χ1v) is 12.9. The molecule has 2 aromatic rings. The Kier molecular flexibility index (Phi) is 8.46. The van der Waals surface area contributed by atoms with Crippen LogP contribution >= 0.6 is 0 Å². The molecule has 2 saturated carbocycles. The Hall–Kier alpha value is -2.31. The number of hydrogen-bond acceptors (Lipinski definition) is 0. The van der Waals surface area contributed by atoms with Crippen molar-refractivity contribution < 1.29 is 30.7 Å². The van der Waals surface area contributed by atoms with Crippen molar-refractivity contribution in [1.82, 2.24) is 0 Å². The molecule has 2 aliphatic carbocycles. The van der Waals surface area contributed by atoms with Gasteiger partial charge in [-0.3, -0.25) is 0 Å². The lowest BCUT2D eigenvalue weighted by molar-refractivity contribution is 0.156. The van der Waals surface area contributed by atoms with Crippen molar-refractivity contribution in [1.29, 1.82) is 0 Å². The molecule has 0 aromatic heterocycles. The summed E-state index contributed by atoms with van der Waals surface area (Å²) in [5, 5.41) is 0. The third-order valence-electron chi connectivity index (χ3n) is 8.21. The van der Waals surface area contributed by atoms with Gasteiger partial charge in [0.25, 0.3) is 0 Å². The van der Waals surface area contributed by atoms with E-state index in [-0.39, 0.29) is 18.1 Å². The van der Waals surface area contributed by atoms with Crippen molar-refractivity contribution in [2.75, 3.05) is 0 Å². The molecule has 2 aromatic carbocycles. The van der Waals surface area contributed by atoms with Crippen molar-refractivity contribution in [2.24, 2.45) is 17.8 Å². The normalized spacial score (nSPS) is 25.6. The van der Waals surface area contributed by atoms with Gasteiger partial charge in [-0.1, -0.05) is 32.6 Å². The Labute approximate surface area is 207 Å². The van der Waals surface area contributed by atoms with Crippen LogP contribution in [0.15, 0.2) is 24.3 Å². The first-order chi connectivity index (χ1) is 17.2. The van der Waals surface area contributed by atoms with E-state index in [1.54, 1.807) is 0 Å². The quantitative estimate of drug-likeness (QED) is 0.205. The maximum Gasteiger partial charge on any atom is 0.194 e. The molecule has 0 nitrogen and oxygen atoms in total. The zero-order valence-corrected chi connectivity index (χ0v) is 20.3. The summed E-state index contributed by atoms with van der Waals surface area (Å²) in [7, 11) is 0. The molecule has 0 spiro atoms. The summed E-state index contributed by atoms with van der Waals surface area (Å²) in [6, 6.07) is 2.48. The Morgan fingerprint density at radius 2 is 1.17 bits per heavy atom. The summed E-state index contributed by atoms with van der Waals surface area (Å²) in [6.45, 7) is 2.22. The van der Waals surface area contributed by atoms with Crippen LogP contribution in [0.3, 0.4) is 0 Å². The average Bonchev–Trinajstić information content (AvgIpc) is 2.86. The third kappa shape index (κ3) is 5.65. The molecule has 0 amide bonds. The summed E-state index contributed by atoms with van der Waals surface area (Å²) < 4.78 is 98.7. The molecule has 0 bridgehead atoms. The predicted octanol–water partition coefficient (Wildman–Crippen LogP) is 10.0. The first-order valence-electron chi connectivity index (χ1n) is 12.9. The van der Waals surface area contributed by atoms with Crippen LogP contribution in [0.1, 0.15) is 93.7 Å². The van der Waals surface area contributed by atoms with Gasteiger partial charge in [-0.05, 0) is 92.0 Å². The van der Waals surface area contributed by atoms with Crippen molar-refractivity contribution >= 4 is 11.7 Å². The highest BCUT2D eigenvalue weighted by atomic mass is 19.2. The van der Waals surface area contributed by atoms with Crippen LogP contribution in [-0.4, -0.2) is 0 Å². The van der Waals surface area contributed by atoms with Gasteiger partial charge in [0.15, 0.2) is 29.1 Å². The van der Waals surface area contributed by atoms with E-state index in [1.807, 2.05) is 0 Å². The van der Waals surface area contributed by atoms with Crippen molar-refractivity contribution in [3.05, 3.63) is 70.0 Å². The van der Waals surface area contributed by atoms with Gasteiger partial charge in [-0.2, -0.15) is 0 Å². The van der Waals surface area contributed by atoms with E-state index in [0.717, 1.165) is 43.7 Å². The molecule has 36 heavy (non-hydrogen) atoms. The lowest BCUT2D eigenvalue weighted by Crippen LogP contribution is -2.25. The van der Waals surface area contributed by atoms with E-state index in [9.17, 15) is 30.7 Å². The Morgan fingerprint density at radius 1 is 0.667 bits per heavy atom. The van der Waals surface area contributed by atoms with Gasteiger partial charge >= 0.3 is 0 Å². The van der Waals surface area contributed by atoms with E-state index < -0.39 is 51.9 Å². The molecule has 0 unspecified atom stereocenters. The van der Waals surface area contributed by atoms with Gasteiger partial charge < -0.3 is 0 Å². The molecular formula is C29H31F7. The minimum atomic E-state index is -1.94. The molecule has 0 radical (unpaired) electrons. The topological polar surface area (TPSA) is 0 Å². The van der Waals surface area contributed by atoms with Crippen LogP contribution in [-0.2, 0) is 0 Å². The first kappa shape index (κ1) is 26.7. The molecule has 7 heteroatoms. The summed E-state index contributed by atoms with van der Waals surface area (Å²) in [5.41, 5.74) is -1.85. The zero-order chi connectivity index (χ0) is 26.0. The second-order valence-electron chi connectivity index (χ2n) is 10.4. The largest absolute Gasteiger partial charge is 0.206 e. The maximum absolute atomic E-state index is 14.8. The number of benzene rings is 2. The zero-order valence-electron chi connectivity index (χ0n) is 20.3. The molecule has 4 rings (SSSR count). The number of halogens is 7. The second-order valence-corrected chi connectivity index (χ2v) is 10.4. The smallest absolute Gasteiger partial charge is 0.194 e. The van der Waals surface area contributed by atoms with Crippen LogP contribution in [0.5, 0.6) is 0 Å². The summed E-state index contributed by atoms with van der Waals surface area (Å²) in [6.07, 6.45) is 11.1. The molecule has 0 atom stereocenters. The number of rotatable bonds is 6. The van der Waals surface area contributed by atoms with Crippen molar-refractivity contribution in [3.8, 4) is 0 Å². The minimum absolute atomic E-state index is 0.0760. The molecule has 196 valence electrons. The Bertz CT molecular complexity index is 1060. The minimum Gasteiger partial charge on any atom is -0.206 e. The molecule has 2 aliphatic rings. The third-order valence-corrected chi connectivity index (χ3v) is 8.21. The number of hydrogen-bond donors (Lipinski definition) is 0. The lowest BCUT2D eigenvalue weighted by Gasteiger charge is -2.38. The van der Waals surface area contributed by atoms with Crippen LogP contribution in [0, 0.1) is 46.8 Å². The van der Waals surface area contributed by atoms with Gasteiger partial charge in [0, 0.05) is 5.56 Å². The second kappa shape index (κ2) is 11.4. The highest BCUT2D eigenvalue weighted by Gasteiger charge is 2.32. The summed E-state index contributed by atoms with van der Waals surface area (Å²) >= 11 is 0. The van der Waals surface area contributed by atoms with Crippen LogP contribution < -0.4 is 0 Å². The van der Waals surface area contributed by atoms with Gasteiger partial charge in [0.05, 0.1) is 5.56 Å². The summed E-state index contributed by atoms with van der Waals surface area (Å²) in [5.74, 6) is -9.66. The van der Waals surface area contributed by atoms with Crippen molar-refractivity contribution in [2.45, 2.75) is 77.0 Å². The Balaban J connectivity index is 1.46. The predicted molar refractivity (Wildman–Crippen MR) is 127 cm³/mol. The standard InChI is InChI=1S/C29H31F7/c1-2-3-16-4-6-17(7-5-16)18-8-10-19(11-9-18)20-12-22(30)26(23(31)13-20)29(36)27(34)21-14-24(32)28(35)25(33)15-21/h12-19H,2-11H2,1H3/b29-27+. The van der Waals surface area contributed by atoms with Gasteiger partial charge in [-0.25, -0.2) is 30.7 Å². The molecule has 0 N–H and O–H groups in total. The lowest BCUT2D eigenvalue weighted by atomic mass is 9.68. The molecule has 0 aliphatic heterocycles. The molecule has 2 fully saturated rings. The fourth-order valence-corrected chi connectivity index (χ4v) is 6.24. The molecule has 0 heterocycles. The highest BCUT2D eigenvalue weighted by molar-refractivity contribution is 5.83. The van der Waals surface area contributed by atoms with E-state index in [4.69, 9.17) is 0 Å². The average molecular weight is 513 g/mol. The van der Waals surface area contributed by atoms with Crippen molar-refractivity contribution in [3.63, 3.8) is 0 Å². The molecule has 0 saturated heterocycles. The van der Waals surface area contributed by atoms with Gasteiger partial charge in [-0.15, -0.1) is 0 Å². The van der Waals surface area contributed by atoms with E-state index in [2.05, 4.69) is 6.92 Å². The monoisotopic (exact) mass is 512 g/mol. The fraction of sp³-hybridized carbons (Fsp3) is 0.517. The van der Waals surface area contributed by atoms with E-state index >= 15 is 0 Å². The van der Waals surface area contributed by atoms with Crippen LogP contribution in [0.2, 0.25) is 0 Å². The highest BCUT2D eigenvalue weighted by Crippen LogP contribution is 2.45. The Morgan fingerprint density at radius 3 is 1.67 bits per heavy atom. The SMILES string of the molecule is CCCC1CCC(C2CCC(c3cc(F)c(/C(F)=C(\F)c4cc(F)c(F)c(F)c4)c(F)c3)CC2)CC1. The fourth-order valence-electron chi connectivity index (χ4n) is 6.24. The van der Waals surface area contributed by atoms with Gasteiger partial charge in [0.2, 0.25) is 0 Å². The van der Waals surface area contributed by atoms with E-state index in [0.29, 0.717) is 17.4 Å². The molecular weight excluding hydrogens is 481 g/mol.